The molecule has 0 fully saturated rings. The molecule has 21 heavy (non-hydrogen) atoms. The Kier molecular flexibility index (Phi) is 3.90. The van der Waals surface area contributed by atoms with Gasteiger partial charge in [0.2, 0.25) is 0 Å². The van der Waals surface area contributed by atoms with Gasteiger partial charge in [-0.2, -0.15) is 0 Å². The van der Waals surface area contributed by atoms with E-state index < -0.39 is 0 Å². The van der Waals surface area contributed by atoms with Gasteiger partial charge in [0.25, 0.3) is 0 Å². The topological polar surface area (TPSA) is 17.1 Å². The lowest BCUT2D eigenvalue weighted by Crippen LogP contribution is -2.03. The minimum Gasteiger partial charge on any atom is -0.289 e. The normalized spacial score (nSPS) is 10.8. The molecule has 3 rings (SSSR count). The molecule has 0 bridgehead atoms. The maximum absolute atomic E-state index is 12.8. The molecule has 1 nitrogen and oxygen atoms in total. The maximum Gasteiger partial charge on any atom is 0.195 e. The number of carbonyl (C=O) groups is 1. The van der Waals surface area contributed by atoms with Crippen LogP contribution in [0.1, 0.15) is 15.9 Å². The lowest BCUT2D eigenvalue weighted by atomic mass is 9.97. The van der Waals surface area contributed by atoms with Crippen LogP contribution >= 0.6 is 34.8 Å². The van der Waals surface area contributed by atoms with Crippen LogP contribution in [0.4, 0.5) is 0 Å². The third-order valence-electron chi connectivity index (χ3n) is 3.30. The van der Waals surface area contributed by atoms with E-state index in [4.69, 9.17) is 34.8 Å². The first-order valence-corrected chi connectivity index (χ1v) is 7.39. The standard InChI is InChI=1S/C17H9Cl3O/c18-13-7-2-1-4-11(13)17(21)12-6-3-5-10-14(19)8-9-15(20)16(10)12/h1-9H. The molecule has 0 saturated carbocycles. The number of carbonyl (C=O) groups excluding carboxylic acids is 1. The summed E-state index contributed by atoms with van der Waals surface area (Å²) in [4.78, 5) is 12.8. The zero-order valence-corrected chi connectivity index (χ0v) is 13.0. The molecular formula is C17H9Cl3O. The summed E-state index contributed by atoms with van der Waals surface area (Å²) in [6.45, 7) is 0. The van der Waals surface area contributed by atoms with Gasteiger partial charge in [-0.15, -0.1) is 0 Å². The van der Waals surface area contributed by atoms with Gasteiger partial charge in [0, 0.05) is 31.9 Å². The summed E-state index contributed by atoms with van der Waals surface area (Å²) in [5, 5.41) is 2.87. The van der Waals surface area contributed by atoms with E-state index in [1.807, 2.05) is 6.07 Å². The molecule has 0 spiro atoms. The molecule has 4 heteroatoms. The largest absolute Gasteiger partial charge is 0.289 e. The Bertz CT molecular complexity index is 856. The Morgan fingerprint density at radius 1 is 0.667 bits per heavy atom. The van der Waals surface area contributed by atoms with Crippen LogP contribution in [-0.2, 0) is 0 Å². The zero-order valence-electron chi connectivity index (χ0n) is 10.7. The molecule has 3 aromatic rings. The van der Waals surface area contributed by atoms with E-state index in [1.54, 1.807) is 48.5 Å². The number of fused-ring (bicyclic) bond motifs is 1. The minimum absolute atomic E-state index is 0.171. The van der Waals surface area contributed by atoms with Crippen LogP contribution in [0.25, 0.3) is 10.8 Å². The molecule has 0 unspecified atom stereocenters. The average molecular weight is 336 g/mol. The van der Waals surface area contributed by atoms with Gasteiger partial charge in [0.15, 0.2) is 5.78 Å². The second kappa shape index (κ2) is 5.69. The zero-order chi connectivity index (χ0) is 15.0. The van der Waals surface area contributed by atoms with Crippen molar-refractivity contribution in [2.75, 3.05) is 0 Å². The summed E-state index contributed by atoms with van der Waals surface area (Å²) >= 11 is 18.6. The van der Waals surface area contributed by atoms with Crippen LogP contribution < -0.4 is 0 Å². The van der Waals surface area contributed by atoms with Gasteiger partial charge in [-0.25, -0.2) is 0 Å². The van der Waals surface area contributed by atoms with Crippen molar-refractivity contribution in [3.8, 4) is 0 Å². The predicted octanol–water partition coefficient (Wildman–Crippen LogP) is 6.03. The van der Waals surface area contributed by atoms with Crippen LogP contribution in [0.2, 0.25) is 15.1 Å². The predicted molar refractivity (Wildman–Crippen MR) is 88.9 cm³/mol. The smallest absolute Gasteiger partial charge is 0.195 e. The lowest BCUT2D eigenvalue weighted by Gasteiger charge is -2.10. The first-order chi connectivity index (χ1) is 10.1. The molecule has 0 aliphatic carbocycles. The maximum atomic E-state index is 12.8. The van der Waals surface area contributed by atoms with Gasteiger partial charge in [0.1, 0.15) is 0 Å². The quantitative estimate of drug-likeness (QED) is 0.522. The minimum atomic E-state index is -0.171. The van der Waals surface area contributed by atoms with Crippen LogP contribution in [-0.4, -0.2) is 5.78 Å². The van der Waals surface area contributed by atoms with Crippen molar-refractivity contribution in [1.82, 2.24) is 0 Å². The van der Waals surface area contributed by atoms with Crippen LogP contribution in [0.15, 0.2) is 54.6 Å². The summed E-state index contributed by atoms with van der Waals surface area (Å²) in [7, 11) is 0. The van der Waals surface area contributed by atoms with Crippen molar-refractivity contribution in [1.29, 1.82) is 0 Å². The molecule has 0 heterocycles. The summed E-state index contributed by atoms with van der Waals surface area (Å²) < 4.78 is 0. The summed E-state index contributed by atoms with van der Waals surface area (Å²) in [6.07, 6.45) is 0. The van der Waals surface area contributed by atoms with Gasteiger partial charge in [-0.1, -0.05) is 65.1 Å². The van der Waals surface area contributed by atoms with Crippen molar-refractivity contribution in [2.45, 2.75) is 0 Å². The Morgan fingerprint density at radius 3 is 2.10 bits per heavy atom. The molecule has 0 amide bonds. The SMILES string of the molecule is O=C(c1ccccc1Cl)c1cccc2c(Cl)ccc(Cl)c12. The average Bonchev–Trinajstić information content (AvgIpc) is 2.50. The fraction of sp³-hybridized carbons (Fsp3) is 0. The molecule has 0 radical (unpaired) electrons. The van der Waals surface area contributed by atoms with E-state index in [1.165, 1.54) is 0 Å². The fourth-order valence-corrected chi connectivity index (χ4v) is 3.02. The van der Waals surface area contributed by atoms with Crippen molar-refractivity contribution < 1.29 is 4.79 Å². The number of rotatable bonds is 2. The van der Waals surface area contributed by atoms with E-state index in [0.29, 0.717) is 31.6 Å². The Morgan fingerprint density at radius 2 is 1.33 bits per heavy atom. The highest BCUT2D eigenvalue weighted by molar-refractivity contribution is 6.42. The highest BCUT2D eigenvalue weighted by Gasteiger charge is 2.17. The van der Waals surface area contributed by atoms with E-state index in [2.05, 4.69) is 0 Å². The van der Waals surface area contributed by atoms with E-state index in [-0.39, 0.29) is 5.78 Å². The van der Waals surface area contributed by atoms with Crippen LogP contribution in [0, 0.1) is 0 Å². The molecular weight excluding hydrogens is 327 g/mol. The number of halogens is 3. The van der Waals surface area contributed by atoms with Gasteiger partial charge in [-0.05, 0) is 24.3 Å². The number of hydrogen-bond donors (Lipinski definition) is 0. The third-order valence-corrected chi connectivity index (χ3v) is 4.27. The number of benzene rings is 3. The van der Waals surface area contributed by atoms with E-state index in [0.717, 1.165) is 5.39 Å². The molecule has 0 aliphatic rings. The van der Waals surface area contributed by atoms with Crippen LogP contribution in [0.3, 0.4) is 0 Å². The summed E-state index contributed by atoms with van der Waals surface area (Å²) in [5.74, 6) is -0.171. The first-order valence-electron chi connectivity index (χ1n) is 6.25. The van der Waals surface area contributed by atoms with E-state index in [9.17, 15) is 4.79 Å². The molecule has 3 aromatic carbocycles. The molecule has 0 saturated heterocycles. The van der Waals surface area contributed by atoms with Gasteiger partial charge < -0.3 is 0 Å². The highest BCUT2D eigenvalue weighted by atomic mass is 35.5. The molecule has 0 aromatic heterocycles. The molecule has 0 N–H and O–H groups in total. The van der Waals surface area contributed by atoms with Gasteiger partial charge in [-0.3, -0.25) is 4.79 Å². The highest BCUT2D eigenvalue weighted by Crippen LogP contribution is 2.34. The lowest BCUT2D eigenvalue weighted by molar-refractivity contribution is 0.104. The van der Waals surface area contributed by atoms with Crippen molar-refractivity contribution >= 4 is 51.4 Å². The molecule has 104 valence electrons. The first kappa shape index (κ1) is 14.4. The second-order valence-electron chi connectivity index (χ2n) is 4.57. The van der Waals surface area contributed by atoms with Gasteiger partial charge >= 0.3 is 0 Å². The van der Waals surface area contributed by atoms with Crippen molar-refractivity contribution in [3.63, 3.8) is 0 Å². The van der Waals surface area contributed by atoms with Crippen molar-refractivity contribution in [2.24, 2.45) is 0 Å². The van der Waals surface area contributed by atoms with Gasteiger partial charge in [0.05, 0.1) is 5.02 Å². The van der Waals surface area contributed by atoms with Crippen molar-refractivity contribution in [3.05, 3.63) is 80.8 Å². The number of ketones is 1. The molecule has 0 aliphatic heterocycles. The Hall–Kier alpha value is -1.54. The third kappa shape index (κ3) is 2.53. The molecule has 0 atom stereocenters. The number of hydrogen-bond acceptors (Lipinski definition) is 1. The second-order valence-corrected chi connectivity index (χ2v) is 5.79. The van der Waals surface area contributed by atoms with E-state index >= 15 is 0 Å². The van der Waals surface area contributed by atoms with Crippen LogP contribution in [0.5, 0.6) is 0 Å². The Balaban J connectivity index is 2.29. The summed E-state index contributed by atoms with van der Waals surface area (Å²) in [6, 6.07) is 15.7. The monoisotopic (exact) mass is 334 g/mol. The summed E-state index contributed by atoms with van der Waals surface area (Å²) in [5.41, 5.74) is 0.941. The fourth-order valence-electron chi connectivity index (χ4n) is 2.31. The Labute approximate surface area is 137 Å².